The predicted octanol–water partition coefficient (Wildman–Crippen LogP) is 7.87. The van der Waals surface area contributed by atoms with Crippen LogP contribution in [-0.4, -0.2) is 48.3 Å². The van der Waals surface area contributed by atoms with Crippen molar-refractivity contribution in [3.63, 3.8) is 0 Å². The molecule has 0 aromatic carbocycles. The van der Waals surface area contributed by atoms with Gasteiger partial charge in [0.05, 0.1) is 35.4 Å². The first-order valence-electron chi connectivity index (χ1n) is 15.2. The highest BCUT2D eigenvalue weighted by molar-refractivity contribution is 7.09. The van der Waals surface area contributed by atoms with Gasteiger partial charge in [-0.15, -0.1) is 11.3 Å². The third-order valence-electron chi connectivity index (χ3n) is 9.34. The van der Waals surface area contributed by atoms with E-state index in [0.29, 0.717) is 6.42 Å². The molecule has 0 fully saturated rings. The van der Waals surface area contributed by atoms with Crippen molar-refractivity contribution in [2.24, 2.45) is 17.3 Å². The van der Waals surface area contributed by atoms with Crippen LogP contribution in [0.15, 0.2) is 22.6 Å². The maximum atomic E-state index is 14.0. The Kier molecular flexibility index (Phi) is 12.4. The molecule has 1 aromatic heterocycles. The number of aliphatic hydroxyl groups is 1. The van der Waals surface area contributed by atoms with Gasteiger partial charge < -0.3 is 14.8 Å². The molecule has 0 saturated carbocycles. The van der Waals surface area contributed by atoms with Crippen molar-refractivity contribution in [2.45, 2.75) is 138 Å². The lowest BCUT2D eigenvalue weighted by atomic mass is 9.73. The van der Waals surface area contributed by atoms with Crippen molar-refractivity contribution in [1.29, 1.82) is 0 Å². The summed E-state index contributed by atoms with van der Waals surface area (Å²) in [6.07, 6.45) is 6.39. The molecule has 2 N–H and O–H groups in total. The molecule has 0 bridgehead atoms. The van der Waals surface area contributed by atoms with E-state index < -0.39 is 31.9 Å². The van der Waals surface area contributed by atoms with Crippen LogP contribution in [0.3, 0.4) is 0 Å². The van der Waals surface area contributed by atoms with E-state index in [1.54, 1.807) is 11.3 Å². The average Bonchev–Trinajstić information content (AvgIpc) is 3.26. The molecular formula is C33H56N2O4SSi. The van der Waals surface area contributed by atoms with E-state index in [1.807, 2.05) is 46.9 Å². The number of aryl methyl sites for hydroxylation is 1. The second-order valence-electron chi connectivity index (χ2n) is 14.4. The molecule has 1 aliphatic rings. The number of Topliss-reactive ketones (excluding diaryl/α,β-unsaturated/α-hetero) is 1. The number of carbonyl (C=O) groups is 2. The van der Waals surface area contributed by atoms with Gasteiger partial charge >= 0.3 is 0 Å². The second kappa shape index (κ2) is 14.2. The molecule has 0 unspecified atom stereocenters. The van der Waals surface area contributed by atoms with Crippen molar-refractivity contribution in [3.05, 3.63) is 33.3 Å². The number of rotatable bonds is 4. The fraction of sp³-hybridized carbons (Fsp3) is 0.727. The molecule has 0 radical (unpaired) electrons. The summed E-state index contributed by atoms with van der Waals surface area (Å²) in [5.41, 5.74) is 2.20. The number of hydrogen-bond donors (Lipinski definition) is 2. The molecule has 232 valence electrons. The van der Waals surface area contributed by atoms with Gasteiger partial charge in [0.25, 0.3) is 0 Å². The largest absolute Gasteiger partial charge is 0.412 e. The summed E-state index contributed by atoms with van der Waals surface area (Å²) in [6.45, 7) is 24.6. The lowest BCUT2D eigenvalue weighted by Crippen LogP contribution is -2.53. The number of nitrogens with one attached hydrogen (secondary N) is 1. The molecule has 8 heteroatoms. The first kappa shape index (κ1) is 35.6. The Morgan fingerprint density at radius 3 is 2.39 bits per heavy atom. The predicted molar refractivity (Wildman–Crippen MR) is 174 cm³/mol. The van der Waals surface area contributed by atoms with Crippen molar-refractivity contribution < 1.29 is 19.1 Å². The van der Waals surface area contributed by atoms with Crippen LogP contribution in [0.25, 0.3) is 6.08 Å². The second-order valence-corrected chi connectivity index (χ2v) is 20.2. The molecule has 5 atom stereocenters. The lowest BCUT2D eigenvalue weighted by molar-refractivity contribution is -0.142. The smallest absolute Gasteiger partial charge is 0.223 e. The van der Waals surface area contributed by atoms with E-state index in [1.165, 1.54) is 5.57 Å². The lowest BCUT2D eigenvalue weighted by Gasteiger charge is -2.44. The summed E-state index contributed by atoms with van der Waals surface area (Å²) < 4.78 is 6.87. The Bertz CT molecular complexity index is 1110. The highest BCUT2D eigenvalue weighted by atomic mass is 32.1. The summed E-state index contributed by atoms with van der Waals surface area (Å²) in [7, 11) is -2.34. The zero-order valence-electron chi connectivity index (χ0n) is 27.7. The van der Waals surface area contributed by atoms with Gasteiger partial charge in [-0.3, -0.25) is 9.59 Å². The van der Waals surface area contributed by atoms with Crippen molar-refractivity contribution in [3.8, 4) is 0 Å². The van der Waals surface area contributed by atoms with E-state index in [-0.39, 0.29) is 35.1 Å². The first-order chi connectivity index (χ1) is 18.8. The van der Waals surface area contributed by atoms with Crippen LogP contribution in [0.1, 0.15) is 105 Å². The number of aromatic nitrogens is 1. The van der Waals surface area contributed by atoms with Crippen LogP contribution < -0.4 is 5.32 Å². The summed E-state index contributed by atoms with van der Waals surface area (Å²) in [5.74, 6) is -0.752. The number of ketones is 1. The fourth-order valence-corrected chi connectivity index (χ4v) is 7.28. The maximum Gasteiger partial charge on any atom is 0.223 e. The van der Waals surface area contributed by atoms with Gasteiger partial charge in [-0.2, -0.15) is 0 Å². The standard InChI is InChI=1S/C33H56N2O4SSi/c1-21-15-13-14-16-22(2)30(37)24(4)31(38)33(9,10)28(39-41(11,12)32(6,7)8)19-29(36)35-27(17-21)23(3)18-26-20-40-25(5)34-26/h15,18,20,22,24,27-28,30,37H,13-14,16-17,19H2,1-12H3,(H,35,36)/b21-15-,23-18+/t22-,24+,27-,28-,30-/m0/s1. The van der Waals surface area contributed by atoms with Crippen LogP contribution in [0.5, 0.6) is 0 Å². The average molecular weight is 605 g/mol. The van der Waals surface area contributed by atoms with Crippen LogP contribution in [-0.2, 0) is 14.0 Å². The third-order valence-corrected chi connectivity index (χ3v) is 14.6. The third kappa shape index (κ3) is 9.70. The summed E-state index contributed by atoms with van der Waals surface area (Å²) in [5, 5.41) is 17.4. The molecule has 2 heterocycles. The van der Waals surface area contributed by atoms with E-state index in [2.05, 4.69) is 63.2 Å². The molecule has 6 nitrogen and oxygen atoms in total. The molecule has 41 heavy (non-hydrogen) atoms. The van der Waals surface area contributed by atoms with Crippen molar-refractivity contribution in [2.75, 3.05) is 0 Å². The topological polar surface area (TPSA) is 88.5 Å². The van der Waals surface area contributed by atoms with Crippen LogP contribution in [0, 0.1) is 24.2 Å². The molecule has 1 aromatic rings. The Labute approximate surface area is 254 Å². The Hall–Kier alpha value is -1.61. The van der Waals surface area contributed by atoms with Gasteiger partial charge in [0.2, 0.25) is 5.91 Å². The highest BCUT2D eigenvalue weighted by Gasteiger charge is 2.48. The summed E-state index contributed by atoms with van der Waals surface area (Å²) >= 11 is 1.61. The number of thiazole rings is 1. The van der Waals surface area contributed by atoms with Crippen LogP contribution in [0.4, 0.5) is 0 Å². The normalized spacial score (nSPS) is 29.5. The molecular weight excluding hydrogens is 549 g/mol. The number of carbonyl (C=O) groups excluding carboxylic acids is 2. The van der Waals surface area contributed by atoms with Gasteiger partial charge in [0, 0.05) is 16.7 Å². The van der Waals surface area contributed by atoms with Crippen LogP contribution in [0.2, 0.25) is 18.1 Å². The van der Waals surface area contributed by atoms with Crippen molar-refractivity contribution >= 4 is 37.4 Å². The number of hydrogen-bond acceptors (Lipinski definition) is 6. The monoisotopic (exact) mass is 604 g/mol. The summed E-state index contributed by atoms with van der Waals surface area (Å²) in [4.78, 5) is 32.4. The van der Waals surface area contributed by atoms with Gasteiger partial charge in [0.1, 0.15) is 5.78 Å². The minimum Gasteiger partial charge on any atom is -0.412 e. The van der Waals surface area contributed by atoms with E-state index in [9.17, 15) is 14.7 Å². The molecule has 0 saturated heterocycles. The van der Waals surface area contributed by atoms with Gasteiger partial charge in [-0.1, -0.05) is 60.1 Å². The molecule has 1 amide bonds. The number of nitrogens with zero attached hydrogens (tertiary/aromatic N) is 1. The number of amides is 1. The first-order valence-corrected chi connectivity index (χ1v) is 19.0. The SMILES string of the molecule is C/C1=C/CCC[C@H](C)[C@H](O)[C@@H](C)C(=O)C(C)(C)[C@@H](O[Si](C)(C)C(C)(C)C)CC(=O)N[C@H](/C(C)=C/c2csc(C)n2)C1. The quantitative estimate of drug-likeness (QED) is 0.270. The zero-order valence-corrected chi connectivity index (χ0v) is 29.5. The number of allylic oxidation sites excluding steroid dienone is 1. The van der Waals surface area contributed by atoms with Crippen molar-refractivity contribution in [1.82, 2.24) is 10.3 Å². The minimum atomic E-state index is -2.34. The summed E-state index contributed by atoms with van der Waals surface area (Å²) in [6, 6.07) is -0.194. The highest BCUT2D eigenvalue weighted by Crippen LogP contribution is 2.42. The van der Waals surface area contributed by atoms with E-state index in [0.717, 1.165) is 35.5 Å². The zero-order chi connectivity index (χ0) is 31.3. The Morgan fingerprint density at radius 1 is 1.20 bits per heavy atom. The number of aliphatic hydroxyl groups excluding tert-OH is 1. The molecule has 0 spiro atoms. The Morgan fingerprint density at radius 2 is 1.83 bits per heavy atom. The van der Waals surface area contributed by atoms with Gasteiger partial charge in [-0.05, 0) is 82.2 Å². The molecule has 2 rings (SSSR count). The molecule has 1 aliphatic heterocycles. The van der Waals surface area contributed by atoms with Gasteiger partial charge in [-0.25, -0.2) is 4.98 Å². The van der Waals surface area contributed by atoms with Gasteiger partial charge in [0.15, 0.2) is 8.32 Å². The minimum absolute atomic E-state index is 0.00564. The Balaban J connectivity index is 2.54. The fourth-order valence-electron chi connectivity index (χ4n) is 5.26. The van der Waals surface area contributed by atoms with E-state index >= 15 is 0 Å². The maximum absolute atomic E-state index is 14.0. The molecule has 0 aliphatic carbocycles. The van der Waals surface area contributed by atoms with E-state index in [4.69, 9.17) is 4.43 Å². The van der Waals surface area contributed by atoms with Crippen LogP contribution >= 0.6 is 11.3 Å².